The second-order valence-corrected chi connectivity index (χ2v) is 5.54. The van der Waals surface area contributed by atoms with E-state index in [1.54, 1.807) is 4.67 Å². The Bertz CT molecular complexity index is 154. The van der Waals surface area contributed by atoms with Crippen molar-refractivity contribution in [1.29, 1.82) is 0 Å². The van der Waals surface area contributed by atoms with Crippen LogP contribution in [0, 0.1) is 0 Å². The van der Waals surface area contributed by atoms with Gasteiger partial charge < -0.3 is 4.89 Å². The van der Waals surface area contributed by atoms with Gasteiger partial charge >= 0.3 is 0 Å². The van der Waals surface area contributed by atoms with E-state index in [1.165, 1.54) is 6.66 Å². The first kappa shape index (κ1) is 11.2. The Balaban J connectivity index is 4.49. The molecule has 0 bridgehead atoms. The highest BCUT2D eigenvalue weighted by atomic mass is 31.2. The third-order valence-corrected chi connectivity index (χ3v) is 3.27. The smallest absolute Gasteiger partial charge is 0.267 e. The summed E-state index contributed by atoms with van der Waals surface area (Å²) in [5.74, 6) is 0. The van der Waals surface area contributed by atoms with Crippen LogP contribution < -0.4 is 0 Å². The van der Waals surface area contributed by atoms with Gasteiger partial charge in [-0.2, -0.15) is 0 Å². The summed E-state index contributed by atoms with van der Waals surface area (Å²) in [5.41, 5.74) is 0. The Labute approximate surface area is 68.9 Å². The Morgan fingerprint density at radius 3 is 1.45 bits per heavy atom. The molecule has 0 amide bonds. The van der Waals surface area contributed by atoms with Gasteiger partial charge in [0.15, 0.2) is 0 Å². The fraction of sp³-hybridized carbons (Fsp3) is 1.00. The minimum absolute atomic E-state index is 0.121. The van der Waals surface area contributed by atoms with Crippen molar-refractivity contribution >= 4 is 7.52 Å². The maximum absolute atomic E-state index is 11.3. The maximum atomic E-state index is 11.3. The predicted molar refractivity (Wildman–Crippen MR) is 47.9 cm³/mol. The van der Waals surface area contributed by atoms with Crippen LogP contribution in [0.4, 0.5) is 0 Å². The van der Waals surface area contributed by atoms with Gasteiger partial charge in [-0.15, -0.1) is 0 Å². The molecule has 0 aliphatic heterocycles. The summed E-state index contributed by atoms with van der Waals surface area (Å²) in [6.45, 7) is 9.07. The summed E-state index contributed by atoms with van der Waals surface area (Å²) >= 11 is 0. The Kier molecular flexibility index (Phi) is 3.75. The van der Waals surface area contributed by atoms with Gasteiger partial charge in [-0.3, -0.25) is 4.57 Å². The van der Waals surface area contributed by atoms with Crippen molar-refractivity contribution in [3.63, 3.8) is 0 Å². The molecule has 0 aromatic carbocycles. The van der Waals surface area contributed by atoms with Gasteiger partial charge in [0.1, 0.15) is 0 Å². The minimum atomic E-state index is -3.05. The first-order chi connectivity index (χ1) is 4.76. The van der Waals surface area contributed by atoms with Crippen LogP contribution in [0.1, 0.15) is 27.7 Å². The van der Waals surface area contributed by atoms with Crippen LogP contribution in [-0.2, 0) is 4.57 Å². The molecule has 0 aliphatic rings. The molecule has 0 spiro atoms. The van der Waals surface area contributed by atoms with E-state index in [-0.39, 0.29) is 12.1 Å². The molecule has 0 aromatic heterocycles. The van der Waals surface area contributed by atoms with Crippen molar-refractivity contribution < 1.29 is 9.46 Å². The van der Waals surface area contributed by atoms with Crippen LogP contribution in [0.3, 0.4) is 0 Å². The van der Waals surface area contributed by atoms with Gasteiger partial charge in [0.2, 0.25) is 0 Å². The molecule has 0 saturated heterocycles. The van der Waals surface area contributed by atoms with Crippen molar-refractivity contribution in [2.75, 3.05) is 6.66 Å². The molecule has 0 aromatic rings. The number of hydrogen-bond donors (Lipinski definition) is 1. The number of hydrogen-bond acceptors (Lipinski definition) is 1. The van der Waals surface area contributed by atoms with E-state index in [0.29, 0.717) is 0 Å². The SMILES string of the molecule is CC(C)N(C(C)C)P(C)(=O)O. The topological polar surface area (TPSA) is 40.5 Å². The van der Waals surface area contributed by atoms with Crippen LogP contribution in [-0.4, -0.2) is 28.3 Å². The maximum Gasteiger partial charge on any atom is 0.267 e. The zero-order valence-electron chi connectivity index (χ0n) is 7.90. The molecule has 0 heterocycles. The van der Waals surface area contributed by atoms with Crippen molar-refractivity contribution in [2.24, 2.45) is 0 Å². The highest BCUT2D eigenvalue weighted by Crippen LogP contribution is 2.43. The second kappa shape index (κ2) is 3.70. The van der Waals surface area contributed by atoms with Crippen LogP contribution >= 0.6 is 7.52 Å². The van der Waals surface area contributed by atoms with E-state index in [9.17, 15) is 9.46 Å². The van der Waals surface area contributed by atoms with Gasteiger partial charge in [-0.05, 0) is 27.7 Å². The fourth-order valence-corrected chi connectivity index (χ4v) is 3.17. The highest BCUT2D eigenvalue weighted by Gasteiger charge is 2.27. The third-order valence-electron chi connectivity index (χ3n) is 1.49. The zero-order valence-corrected chi connectivity index (χ0v) is 8.80. The third kappa shape index (κ3) is 3.37. The van der Waals surface area contributed by atoms with Gasteiger partial charge in [0, 0.05) is 18.7 Å². The van der Waals surface area contributed by atoms with E-state index in [2.05, 4.69) is 0 Å². The Morgan fingerprint density at radius 1 is 1.18 bits per heavy atom. The fourth-order valence-electron chi connectivity index (χ4n) is 1.45. The predicted octanol–water partition coefficient (Wildman–Crippen LogP) is 1.92. The summed E-state index contributed by atoms with van der Waals surface area (Å²) in [6, 6.07) is 0.242. The quantitative estimate of drug-likeness (QED) is 0.673. The van der Waals surface area contributed by atoms with Crippen LogP contribution in [0.25, 0.3) is 0 Å². The lowest BCUT2D eigenvalue weighted by Gasteiger charge is -2.32. The monoisotopic (exact) mass is 179 g/mol. The van der Waals surface area contributed by atoms with Crippen molar-refractivity contribution in [3.05, 3.63) is 0 Å². The van der Waals surface area contributed by atoms with Crippen LogP contribution in [0.5, 0.6) is 0 Å². The molecule has 0 saturated carbocycles. The minimum Gasteiger partial charge on any atom is -0.333 e. The summed E-state index contributed by atoms with van der Waals surface area (Å²) < 4.78 is 12.9. The molecule has 0 radical (unpaired) electrons. The summed E-state index contributed by atoms with van der Waals surface area (Å²) in [7, 11) is -3.05. The van der Waals surface area contributed by atoms with Gasteiger partial charge in [-0.1, -0.05) is 0 Å². The molecule has 1 atom stereocenters. The molecular formula is C7H18NO2P. The summed E-state index contributed by atoms with van der Waals surface area (Å²) in [4.78, 5) is 9.30. The second-order valence-electron chi connectivity index (χ2n) is 3.40. The molecule has 11 heavy (non-hydrogen) atoms. The average molecular weight is 179 g/mol. The van der Waals surface area contributed by atoms with Gasteiger partial charge in [-0.25, -0.2) is 4.67 Å². The van der Waals surface area contributed by atoms with Gasteiger partial charge in [0.25, 0.3) is 7.52 Å². The van der Waals surface area contributed by atoms with Crippen molar-refractivity contribution in [2.45, 2.75) is 39.8 Å². The standard InChI is InChI=1S/C7H18NO2P/c1-6(2)8(7(3)4)11(5,9)10/h6-7H,1-5H3,(H,9,10). The highest BCUT2D eigenvalue weighted by molar-refractivity contribution is 7.54. The largest absolute Gasteiger partial charge is 0.333 e. The van der Waals surface area contributed by atoms with Crippen LogP contribution in [0.2, 0.25) is 0 Å². The molecular weight excluding hydrogens is 161 g/mol. The molecule has 0 fully saturated rings. The lowest BCUT2D eigenvalue weighted by atomic mass is 10.3. The van der Waals surface area contributed by atoms with Gasteiger partial charge in [0.05, 0.1) is 0 Å². The first-order valence-corrected chi connectivity index (χ1v) is 5.92. The molecule has 1 N–H and O–H groups in total. The molecule has 4 heteroatoms. The van der Waals surface area contributed by atoms with E-state index in [4.69, 9.17) is 0 Å². The molecule has 68 valence electrons. The Morgan fingerprint density at radius 2 is 1.45 bits per heavy atom. The first-order valence-electron chi connectivity index (χ1n) is 3.86. The normalized spacial score (nSPS) is 17.9. The molecule has 3 nitrogen and oxygen atoms in total. The lowest BCUT2D eigenvalue weighted by molar-refractivity contribution is 0.266. The molecule has 0 aliphatic carbocycles. The van der Waals surface area contributed by atoms with E-state index in [1.807, 2.05) is 27.7 Å². The summed E-state index contributed by atoms with van der Waals surface area (Å²) in [5, 5.41) is 0. The zero-order chi connectivity index (χ0) is 9.23. The molecule has 1 unspecified atom stereocenters. The molecule has 0 rings (SSSR count). The van der Waals surface area contributed by atoms with E-state index < -0.39 is 7.52 Å². The van der Waals surface area contributed by atoms with Crippen molar-refractivity contribution in [3.8, 4) is 0 Å². The number of nitrogens with zero attached hydrogens (tertiary/aromatic N) is 1. The van der Waals surface area contributed by atoms with Crippen LogP contribution in [0.15, 0.2) is 0 Å². The summed E-state index contributed by atoms with van der Waals surface area (Å²) in [6.07, 6.45) is 0. The van der Waals surface area contributed by atoms with E-state index >= 15 is 0 Å². The van der Waals surface area contributed by atoms with Crippen molar-refractivity contribution in [1.82, 2.24) is 4.67 Å². The Hall–Kier alpha value is 0.150. The average Bonchev–Trinajstić information content (AvgIpc) is 1.54. The van der Waals surface area contributed by atoms with E-state index in [0.717, 1.165) is 0 Å². The lowest BCUT2D eigenvalue weighted by Crippen LogP contribution is -2.33. The number of rotatable bonds is 3.